The van der Waals surface area contributed by atoms with Crippen LogP contribution in [0.25, 0.3) is 17.5 Å². The van der Waals surface area contributed by atoms with Crippen molar-refractivity contribution in [3.8, 4) is 17.1 Å². The lowest BCUT2D eigenvalue weighted by Gasteiger charge is -2.07. The van der Waals surface area contributed by atoms with Crippen LogP contribution in [-0.4, -0.2) is 34.9 Å². The molecule has 1 aliphatic rings. The number of aliphatic imine (C=N–C) groups is 1. The van der Waals surface area contributed by atoms with Gasteiger partial charge in [0.05, 0.1) is 36.0 Å². The predicted octanol–water partition coefficient (Wildman–Crippen LogP) is 8.81. The van der Waals surface area contributed by atoms with E-state index in [9.17, 15) is 4.79 Å². The van der Waals surface area contributed by atoms with Crippen LogP contribution in [0.2, 0.25) is 0 Å². The Balaban J connectivity index is 1.72. The van der Waals surface area contributed by atoms with E-state index in [1.54, 1.807) is 0 Å². The molecule has 0 bridgehead atoms. The zero-order valence-corrected chi connectivity index (χ0v) is 24.0. The maximum Gasteiger partial charge on any atom is 0.344 e. The van der Waals surface area contributed by atoms with Gasteiger partial charge in [0.1, 0.15) is 5.56 Å². The van der Waals surface area contributed by atoms with Crippen molar-refractivity contribution in [2.24, 2.45) is 4.99 Å². The summed E-state index contributed by atoms with van der Waals surface area (Å²) in [6.07, 6.45) is 21.0. The van der Waals surface area contributed by atoms with E-state index >= 15 is 0 Å². The summed E-state index contributed by atoms with van der Waals surface area (Å²) in [5.74, 6) is 0.117. The summed E-state index contributed by atoms with van der Waals surface area (Å²) in [5, 5.41) is 0. The molecule has 0 saturated heterocycles. The number of aromatic amines is 2. The Morgan fingerprint density at radius 2 is 1.58 bits per heavy atom. The number of H-pyrrole nitrogens is 2. The number of hydrogen-bond donors (Lipinski definition) is 2. The van der Waals surface area contributed by atoms with Gasteiger partial charge in [-0.25, -0.2) is 4.79 Å². The summed E-state index contributed by atoms with van der Waals surface area (Å²) in [4.78, 5) is 24.8. The fourth-order valence-electron chi connectivity index (χ4n) is 4.91. The Hall–Kier alpha value is -3.02. The molecule has 0 spiro atoms. The highest BCUT2D eigenvalue weighted by atomic mass is 16.5. The molecule has 0 unspecified atom stereocenters. The second-order valence-electron chi connectivity index (χ2n) is 10.0. The Morgan fingerprint density at radius 3 is 2.26 bits per heavy atom. The van der Waals surface area contributed by atoms with Gasteiger partial charge in [-0.2, -0.15) is 0 Å². The minimum absolute atomic E-state index is 0.298. The van der Waals surface area contributed by atoms with Crippen LogP contribution in [0, 0.1) is 0 Å². The van der Waals surface area contributed by atoms with Crippen molar-refractivity contribution in [3.05, 3.63) is 46.9 Å². The van der Waals surface area contributed by atoms with Crippen molar-refractivity contribution in [1.29, 1.82) is 0 Å². The molecule has 0 atom stereocenters. The number of hydrogen-bond acceptors (Lipinski definition) is 4. The average Bonchev–Trinajstić information content (AvgIpc) is 3.63. The zero-order chi connectivity index (χ0) is 27.2. The first-order valence-electron chi connectivity index (χ1n) is 14.8. The summed E-state index contributed by atoms with van der Waals surface area (Å²) in [7, 11) is 0. The first kappa shape index (κ1) is 29.5. The number of ether oxygens (including phenoxy) is 2. The normalized spacial score (nSPS) is 13.9. The topological polar surface area (TPSA) is 79.5 Å². The summed E-state index contributed by atoms with van der Waals surface area (Å²) < 4.78 is 11.4. The third kappa shape index (κ3) is 8.50. The van der Waals surface area contributed by atoms with Crippen molar-refractivity contribution >= 4 is 17.8 Å². The van der Waals surface area contributed by atoms with E-state index in [0.29, 0.717) is 30.2 Å². The molecule has 0 radical (unpaired) electrons. The molecule has 0 aliphatic carbocycles. The fraction of sp³-hybridized carbons (Fsp3) is 0.562. The highest BCUT2D eigenvalue weighted by molar-refractivity contribution is 6.02. The molecular formula is C32H47N3O3. The third-order valence-corrected chi connectivity index (χ3v) is 6.83. The molecule has 0 fully saturated rings. The Bertz CT molecular complexity index is 1100. The van der Waals surface area contributed by atoms with Crippen molar-refractivity contribution in [2.75, 3.05) is 13.2 Å². The van der Waals surface area contributed by atoms with Gasteiger partial charge in [-0.1, -0.05) is 71.6 Å². The summed E-state index contributed by atoms with van der Waals surface area (Å²) in [6, 6.07) is 4.07. The molecule has 38 heavy (non-hydrogen) atoms. The van der Waals surface area contributed by atoms with Gasteiger partial charge < -0.3 is 19.4 Å². The van der Waals surface area contributed by atoms with Crippen LogP contribution in [0.15, 0.2) is 35.0 Å². The maximum atomic E-state index is 13.0. The summed E-state index contributed by atoms with van der Waals surface area (Å²) in [6.45, 7) is 8.89. The molecule has 6 nitrogen and oxygen atoms in total. The average molecular weight is 522 g/mol. The molecule has 0 amide bonds. The van der Waals surface area contributed by atoms with E-state index in [4.69, 9.17) is 14.5 Å². The summed E-state index contributed by atoms with van der Waals surface area (Å²) >= 11 is 0. The van der Waals surface area contributed by atoms with Crippen molar-refractivity contribution < 1.29 is 14.3 Å². The number of unbranched alkanes of at least 4 members (excludes halogenated alkanes) is 8. The molecule has 2 aromatic heterocycles. The lowest BCUT2D eigenvalue weighted by atomic mass is 10.1. The Labute approximate surface area is 229 Å². The van der Waals surface area contributed by atoms with Gasteiger partial charge in [0.2, 0.25) is 0 Å². The number of nitrogens with zero attached hydrogens (tertiary/aromatic N) is 1. The SMILES string of the molecule is CCCCCCCCCCCC1=N/C(=C/c2[nH]c(-c3ccc(CCC)[nH]3)c(C(=O)OCC)c2OCC)C=C1. The van der Waals surface area contributed by atoms with E-state index in [2.05, 4.69) is 36.0 Å². The van der Waals surface area contributed by atoms with Crippen LogP contribution in [0.1, 0.15) is 120 Å². The highest BCUT2D eigenvalue weighted by Gasteiger charge is 2.27. The summed E-state index contributed by atoms with van der Waals surface area (Å²) in [5.41, 5.74) is 5.78. The monoisotopic (exact) mass is 521 g/mol. The number of carbonyl (C=O) groups is 1. The Kier molecular flexibility index (Phi) is 12.5. The molecule has 0 aromatic carbocycles. The van der Waals surface area contributed by atoms with E-state index in [1.165, 1.54) is 57.8 Å². The molecule has 3 rings (SSSR count). The zero-order valence-electron chi connectivity index (χ0n) is 24.0. The number of aromatic nitrogens is 2. The molecule has 3 heterocycles. The second kappa shape index (κ2) is 16.1. The van der Waals surface area contributed by atoms with Gasteiger partial charge in [-0.15, -0.1) is 0 Å². The maximum absolute atomic E-state index is 13.0. The van der Waals surface area contributed by atoms with E-state index in [0.717, 1.165) is 47.8 Å². The fourth-order valence-corrected chi connectivity index (χ4v) is 4.91. The molecular weight excluding hydrogens is 474 g/mol. The number of rotatable bonds is 18. The number of carbonyl (C=O) groups excluding carboxylic acids is 1. The van der Waals surface area contributed by atoms with Crippen LogP contribution in [0.5, 0.6) is 5.75 Å². The third-order valence-electron chi connectivity index (χ3n) is 6.83. The van der Waals surface area contributed by atoms with Gasteiger partial charge in [0.25, 0.3) is 0 Å². The van der Waals surface area contributed by atoms with E-state index in [-0.39, 0.29) is 0 Å². The van der Waals surface area contributed by atoms with Gasteiger partial charge in [-0.05, 0) is 63.5 Å². The number of nitrogens with one attached hydrogen (secondary N) is 2. The first-order chi connectivity index (χ1) is 18.6. The molecule has 2 aromatic rings. The van der Waals surface area contributed by atoms with Crippen molar-refractivity contribution in [1.82, 2.24) is 9.97 Å². The van der Waals surface area contributed by atoms with Crippen molar-refractivity contribution in [2.45, 2.75) is 105 Å². The molecule has 1 aliphatic heterocycles. The number of aryl methyl sites for hydroxylation is 1. The molecule has 0 saturated carbocycles. The van der Waals surface area contributed by atoms with Gasteiger partial charge in [0.15, 0.2) is 5.75 Å². The molecule has 208 valence electrons. The van der Waals surface area contributed by atoms with Crippen molar-refractivity contribution in [3.63, 3.8) is 0 Å². The quantitative estimate of drug-likeness (QED) is 0.152. The van der Waals surface area contributed by atoms with E-state index < -0.39 is 5.97 Å². The van der Waals surface area contributed by atoms with Crippen LogP contribution in [-0.2, 0) is 11.2 Å². The van der Waals surface area contributed by atoms with E-state index in [1.807, 2.05) is 32.1 Å². The van der Waals surface area contributed by atoms with Gasteiger partial charge in [0, 0.05) is 11.4 Å². The number of allylic oxidation sites excluding steroid dienone is 2. The lowest BCUT2D eigenvalue weighted by molar-refractivity contribution is 0.0523. The highest BCUT2D eigenvalue weighted by Crippen LogP contribution is 2.36. The minimum Gasteiger partial charge on any atom is -0.491 e. The minimum atomic E-state index is -0.394. The van der Waals surface area contributed by atoms with Crippen LogP contribution in [0.4, 0.5) is 0 Å². The van der Waals surface area contributed by atoms with Crippen LogP contribution in [0.3, 0.4) is 0 Å². The molecule has 2 N–H and O–H groups in total. The smallest absolute Gasteiger partial charge is 0.344 e. The number of esters is 1. The predicted molar refractivity (Wildman–Crippen MR) is 158 cm³/mol. The largest absolute Gasteiger partial charge is 0.491 e. The standard InChI is InChI=1S/C32H47N3O3/c1-5-9-10-11-12-13-14-15-16-18-25-19-20-26(33-25)23-28-31(37-7-3)29(32(36)38-8-4)30(35-28)27-22-21-24(34-27)17-6-2/h19-23,34-35H,5-18H2,1-4H3/b26-23+. The first-order valence-corrected chi connectivity index (χ1v) is 14.8. The van der Waals surface area contributed by atoms with Crippen LogP contribution < -0.4 is 4.74 Å². The second-order valence-corrected chi connectivity index (χ2v) is 10.0. The van der Waals surface area contributed by atoms with Crippen LogP contribution >= 0.6 is 0 Å². The molecule has 6 heteroatoms. The lowest BCUT2D eigenvalue weighted by Crippen LogP contribution is -2.08. The Morgan fingerprint density at radius 1 is 0.842 bits per heavy atom. The van der Waals surface area contributed by atoms with Gasteiger partial charge >= 0.3 is 5.97 Å². The van der Waals surface area contributed by atoms with Gasteiger partial charge in [-0.3, -0.25) is 4.99 Å².